The van der Waals surface area contributed by atoms with Gasteiger partial charge in [-0.15, -0.1) is 0 Å². The van der Waals surface area contributed by atoms with Crippen LogP contribution in [0.15, 0.2) is 60.9 Å². The molecule has 3 aromatic rings. The van der Waals surface area contributed by atoms with Gasteiger partial charge in [0.15, 0.2) is 0 Å². The Balaban J connectivity index is 1.73. The summed E-state index contributed by atoms with van der Waals surface area (Å²) in [5.74, 6) is 1.60. The van der Waals surface area contributed by atoms with Crippen LogP contribution in [0.2, 0.25) is 0 Å². The van der Waals surface area contributed by atoms with Gasteiger partial charge in [-0.05, 0) is 57.2 Å². The molecule has 0 aliphatic rings. The highest BCUT2D eigenvalue weighted by Gasteiger charge is 2.12. The zero-order valence-electron chi connectivity index (χ0n) is 16.7. The van der Waals surface area contributed by atoms with Crippen LogP contribution in [0.3, 0.4) is 0 Å². The van der Waals surface area contributed by atoms with Gasteiger partial charge in [0, 0.05) is 11.8 Å². The number of anilines is 4. The Bertz CT molecular complexity index is 958. The van der Waals surface area contributed by atoms with E-state index in [1.807, 2.05) is 44.2 Å². The maximum atomic E-state index is 12.1. The lowest BCUT2D eigenvalue weighted by Crippen LogP contribution is -2.08. The van der Waals surface area contributed by atoms with Crippen LogP contribution < -0.4 is 15.4 Å². The van der Waals surface area contributed by atoms with Gasteiger partial charge in [-0.1, -0.05) is 12.1 Å². The molecule has 1 heterocycles. The Kier molecular flexibility index (Phi) is 6.63. The van der Waals surface area contributed by atoms with Crippen LogP contribution in [-0.4, -0.2) is 28.6 Å². The molecule has 0 saturated carbocycles. The van der Waals surface area contributed by atoms with E-state index in [-0.39, 0.29) is 12.1 Å². The predicted molar refractivity (Wildman–Crippen MR) is 113 cm³/mol. The number of nitrogens with one attached hydrogen (secondary N) is 2. The molecule has 1 aromatic heterocycles. The zero-order valence-corrected chi connectivity index (χ0v) is 16.7. The van der Waals surface area contributed by atoms with Gasteiger partial charge in [-0.25, -0.2) is 14.8 Å². The second kappa shape index (κ2) is 9.54. The van der Waals surface area contributed by atoms with Gasteiger partial charge < -0.3 is 20.1 Å². The highest BCUT2D eigenvalue weighted by molar-refractivity contribution is 5.96. The minimum Gasteiger partial charge on any atom is -0.491 e. The molecule has 0 fully saturated rings. The topological polar surface area (TPSA) is 85.4 Å². The van der Waals surface area contributed by atoms with Gasteiger partial charge in [-0.2, -0.15) is 0 Å². The number of nitrogens with zero attached hydrogens (tertiary/aromatic N) is 2. The third-order valence-corrected chi connectivity index (χ3v) is 3.85. The van der Waals surface area contributed by atoms with Gasteiger partial charge in [0.1, 0.15) is 23.7 Å². The maximum absolute atomic E-state index is 12.1. The first-order chi connectivity index (χ1) is 14.0. The molecule has 0 atom stereocenters. The Morgan fingerprint density at radius 3 is 2.38 bits per heavy atom. The van der Waals surface area contributed by atoms with Gasteiger partial charge in [0.25, 0.3) is 0 Å². The van der Waals surface area contributed by atoms with Crippen LogP contribution in [0.4, 0.5) is 23.0 Å². The van der Waals surface area contributed by atoms with Crippen LogP contribution in [0.25, 0.3) is 0 Å². The number of benzene rings is 2. The lowest BCUT2D eigenvalue weighted by molar-refractivity contribution is 0.0527. The average Bonchev–Trinajstić information content (AvgIpc) is 2.70. The van der Waals surface area contributed by atoms with Gasteiger partial charge >= 0.3 is 5.97 Å². The van der Waals surface area contributed by atoms with Crippen molar-refractivity contribution in [3.05, 3.63) is 66.5 Å². The number of esters is 1. The second-order valence-corrected chi connectivity index (χ2v) is 6.50. The van der Waals surface area contributed by atoms with E-state index in [0.29, 0.717) is 29.5 Å². The Labute approximate surface area is 170 Å². The molecule has 150 valence electrons. The van der Waals surface area contributed by atoms with Crippen molar-refractivity contribution in [2.24, 2.45) is 0 Å². The standard InChI is InChI=1S/C22H24N4O3/c1-4-28-22(27)18-7-5-6-8-19(18)26-21-13-20(23-14-24-21)25-16-9-11-17(12-10-16)29-15(2)3/h5-15H,4H2,1-3H3,(H2,23,24,25,26). The van der Waals surface area contributed by atoms with Crippen molar-refractivity contribution in [3.8, 4) is 5.75 Å². The first kappa shape index (κ1) is 20.1. The molecule has 2 aromatic carbocycles. The fourth-order valence-corrected chi connectivity index (χ4v) is 2.65. The quantitative estimate of drug-likeness (QED) is 0.526. The van der Waals surface area contributed by atoms with Crippen molar-refractivity contribution in [2.75, 3.05) is 17.2 Å². The normalized spacial score (nSPS) is 10.5. The molecule has 7 heteroatoms. The monoisotopic (exact) mass is 392 g/mol. The Morgan fingerprint density at radius 1 is 1.00 bits per heavy atom. The molecule has 0 radical (unpaired) electrons. The third-order valence-electron chi connectivity index (χ3n) is 3.85. The summed E-state index contributed by atoms with van der Waals surface area (Å²) in [6.07, 6.45) is 1.58. The molecule has 0 saturated heterocycles. The molecule has 0 aliphatic carbocycles. The number of carbonyl (C=O) groups is 1. The highest BCUT2D eigenvalue weighted by Crippen LogP contribution is 2.24. The summed E-state index contributed by atoms with van der Waals surface area (Å²) in [4.78, 5) is 20.6. The van der Waals surface area contributed by atoms with Crippen molar-refractivity contribution in [1.29, 1.82) is 0 Å². The lowest BCUT2D eigenvalue weighted by Gasteiger charge is -2.12. The summed E-state index contributed by atoms with van der Waals surface area (Å²) >= 11 is 0. The van der Waals surface area contributed by atoms with E-state index in [1.165, 1.54) is 6.33 Å². The van der Waals surface area contributed by atoms with E-state index in [2.05, 4.69) is 20.6 Å². The molecular weight excluding hydrogens is 368 g/mol. The molecule has 3 rings (SSSR count). The fraction of sp³-hybridized carbons (Fsp3) is 0.227. The number of hydrogen-bond donors (Lipinski definition) is 2. The van der Waals surface area contributed by atoms with Crippen molar-refractivity contribution >= 4 is 29.0 Å². The van der Waals surface area contributed by atoms with E-state index >= 15 is 0 Å². The van der Waals surface area contributed by atoms with E-state index in [0.717, 1.165) is 11.4 Å². The minimum absolute atomic E-state index is 0.127. The summed E-state index contributed by atoms with van der Waals surface area (Å²) in [5, 5.41) is 6.39. The van der Waals surface area contributed by atoms with E-state index < -0.39 is 0 Å². The van der Waals surface area contributed by atoms with Gasteiger partial charge in [0.05, 0.1) is 24.0 Å². The zero-order chi connectivity index (χ0) is 20.6. The first-order valence-electron chi connectivity index (χ1n) is 9.44. The van der Waals surface area contributed by atoms with Gasteiger partial charge in [-0.3, -0.25) is 0 Å². The van der Waals surface area contributed by atoms with Crippen molar-refractivity contribution in [1.82, 2.24) is 9.97 Å². The smallest absolute Gasteiger partial charge is 0.340 e. The number of carbonyl (C=O) groups excluding carboxylic acids is 1. The molecule has 0 aliphatic heterocycles. The lowest BCUT2D eigenvalue weighted by atomic mass is 10.2. The fourth-order valence-electron chi connectivity index (χ4n) is 2.65. The number of ether oxygens (including phenoxy) is 2. The molecule has 7 nitrogen and oxygen atoms in total. The van der Waals surface area contributed by atoms with E-state index in [1.54, 1.807) is 31.2 Å². The number of rotatable bonds is 8. The van der Waals surface area contributed by atoms with Crippen LogP contribution in [0.1, 0.15) is 31.1 Å². The highest BCUT2D eigenvalue weighted by atomic mass is 16.5. The summed E-state index contributed by atoms with van der Waals surface area (Å²) < 4.78 is 10.8. The van der Waals surface area contributed by atoms with Crippen molar-refractivity contribution in [3.63, 3.8) is 0 Å². The van der Waals surface area contributed by atoms with E-state index in [9.17, 15) is 4.79 Å². The van der Waals surface area contributed by atoms with Crippen LogP contribution in [-0.2, 0) is 4.74 Å². The largest absolute Gasteiger partial charge is 0.491 e. The summed E-state index contributed by atoms with van der Waals surface area (Å²) in [6.45, 7) is 6.07. The van der Waals surface area contributed by atoms with Crippen molar-refractivity contribution < 1.29 is 14.3 Å². The van der Waals surface area contributed by atoms with Crippen LogP contribution >= 0.6 is 0 Å². The van der Waals surface area contributed by atoms with Crippen LogP contribution in [0, 0.1) is 0 Å². The Hall–Kier alpha value is -3.61. The SMILES string of the molecule is CCOC(=O)c1ccccc1Nc1cc(Nc2ccc(OC(C)C)cc2)ncn1. The second-order valence-electron chi connectivity index (χ2n) is 6.50. The summed E-state index contributed by atoms with van der Waals surface area (Å²) in [7, 11) is 0. The van der Waals surface area contributed by atoms with Gasteiger partial charge in [0.2, 0.25) is 0 Å². The van der Waals surface area contributed by atoms with E-state index in [4.69, 9.17) is 9.47 Å². The molecule has 0 bridgehead atoms. The molecular formula is C22H24N4O3. The number of hydrogen-bond acceptors (Lipinski definition) is 7. The Morgan fingerprint density at radius 2 is 1.69 bits per heavy atom. The third kappa shape index (κ3) is 5.68. The molecule has 2 N–H and O–H groups in total. The average molecular weight is 392 g/mol. The first-order valence-corrected chi connectivity index (χ1v) is 9.44. The summed E-state index contributed by atoms with van der Waals surface area (Å²) in [5.41, 5.74) is 1.94. The molecule has 0 amide bonds. The predicted octanol–water partition coefficient (Wildman–Crippen LogP) is 4.93. The minimum atomic E-state index is -0.383. The van der Waals surface area contributed by atoms with Crippen molar-refractivity contribution in [2.45, 2.75) is 26.9 Å². The molecule has 0 unspecified atom stereocenters. The maximum Gasteiger partial charge on any atom is 0.340 e. The summed E-state index contributed by atoms with van der Waals surface area (Å²) in [6, 6.07) is 16.5. The molecule has 0 spiro atoms. The number of aromatic nitrogens is 2. The number of para-hydroxylation sites is 1. The van der Waals surface area contributed by atoms with Crippen LogP contribution in [0.5, 0.6) is 5.75 Å². The molecule has 29 heavy (non-hydrogen) atoms.